The predicted molar refractivity (Wildman–Crippen MR) is 93.4 cm³/mol. The van der Waals surface area contributed by atoms with Gasteiger partial charge in [-0.15, -0.1) is 0 Å². The second-order valence-corrected chi connectivity index (χ2v) is 5.61. The molecule has 24 heavy (non-hydrogen) atoms. The first kappa shape index (κ1) is 16.1. The molecule has 3 rings (SSSR count). The number of carbonyl (C=O) groups is 1. The number of ether oxygens (including phenoxy) is 1. The summed E-state index contributed by atoms with van der Waals surface area (Å²) < 4.78 is 5.54. The fourth-order valence-corrected chi connectivity index (χ4v) is 2.50. The van der Waals surface area contributed by atoms with Crippen LogP contribution < -0.4 is 15.6 Å². The molecule has 0 aliphatic rings. The van der Waals surface area contributed by atoms with Crippen LogP contribution in [0.1, 0.15) is 5.56 Å². The van der Waals surface area contributed by atoms with E-state index >= 15 is 0 Å². The minimum absolute atomic E-state index is 0.152. The zero-order valence-corrected chi connectivity index (χ0v) is 13.5. The topological polar surface area (TPSA) is 71.2 Å². The normalized spacial score (nSPS) is 10.5. The molecule has 0 saturated heterocycles. The van der Waals surface area contributed by atoms with Crippen LogP contribution >= 0.6 is 11.6 Å². The Morgan fingerprint density at radius 1 is 1.08 bits per heavy atom. The Bertz CT molecular complexity index is 937. The maximum atomic E-state index is 12.0. The Kier molecular flexibility index (Phi) is 4.82. The summed E-state index contributed by atoms with van der Waals surface area (Å²) in [5.74, 6) is 0.184. The minimum atomic E-state index is -0.273. The third-order valence-corrected chi connectivity index (χ3v) is 3.88. The van der Waals surface area contributed by atoms with Crippen molar-refractivity contribution in [1.82, 2.24) is 10.3 Å². The summed E-state index contributed by atoms with van der Waals surface area (Å²) in [4.78, 5) is 26.1. The lowest BCUT2D eigenvalue weighted by atomic mass is 10.2. The molecule has 0 aliphatic carbocycles. The summed E-state index contributed by atoms with van der Waals surface area (Å²) in [5, 5.41) is 4.19. The van der Waals surface area contributed by atoms with Crippen LogP contribution in [0.15, 0.2) is 59.4 Å². The molecule has 5 nitrogen and oxygen atoms in total. The van der Waals surface area contributed by atoms with E-state index in [1.165, 1.54) is 6.07 Å². The van der Waals surface area contributed by atoms with Gasteiger partial charge in [0.05, 0.1) is 5.52 Å². The van der Waals surface area contributed by atoms with Gasteiger partial charge in [0.1, 0.15) is 5.75 Å². The van der Waals surface area contributed by atoms with Gasteiger partial charge in [-0.25, -0.2) is 0 Å². The number of hydrogen-bond donors (Lipinski definition) is 2. The number of benzene rings is 2. The van der Waals surface area contributed by atoms with Crippen LogP contribution in [-0.4, -0.2) is 17.5 Å². The Balaban J connectivity index is 1.63. The highest BCUT2D eigenvalue weighted by Gasteiger charge is 2.07. The Morgan fingerprint density at radius 2 is 1.92 bits per heavy atom. The zero-order valence-electron chi connectivity index (χ0n) is 12.7. The summed E-state index contributed by atoms with van der Waals surface area (Å²) in [6.45, 7) is 0.175. The summed E-state index contributed by atoms with van der Waals surface area (Å²) in [7, 11) is 0. The third kappa shape index (κ3) is 3.75. The van der Waals surface area contributed by atoms with Crippen LogP contribution in [-0.2, 0) is 11.3 Å². The van der Waals surface area contributed by atoms with Gasteiger partial charge in [0, 0.05) is 23.0 Å². The standard InChI is InChI=1S/C18H15ClN2O3/c19-14-6-2-1-4-13(14)10-20-17(23)11-24-15-7-3-5-12-8-9-16(22)21-18(12)15/h1-9H,10-11H2,(H,20,23)(H,21,22). The van der Waals surface area contributed by atoms with Crippen molar-refractivity contribution in [3.05, 3.63) is 75.5 Å². The molecule has 0 atom stereocenters. The van der Waals surface area contributed by atoms with Gasteiger partial charge < -0.3 is 15.0 Å². The van der Waals surface area contributed by atoms with Crippen LogP contribution in [0.5, 0.6) is 5.75 Å². The maximum absolute atomic E-state index is 12.0. The molecule has 0 radical (unpaired) electrons. The third-order valence-electron chi connectivity index (χ3n) is 3.51. The Labute approximate surface area is 143 Å². The molecule has 0 spiro atoms. The maximum Gasteiger partial charge on any atom is 0.258 e. The number of nitrogens with one attached hydrogen (secondary N) is 2. The highest BCUT2D eigenvalue weighted by Crippen LogP contribution is 2.22. The number of aromatic nitrogens is 1. The SMILES string of the molecule is O=C(COc1cccc2ccc(=O)[nH]c12)NCc1ccccc1Cl. The van der Waals surface area contributed by atoms with Gasteiger partial charge >= 0.3 is 0 Å². The monoisotopic (exact) mass is 342 g/mol. The molecule has 0 bridgehead atoms. The molecule has 0 fully saturated rings. The number of H-pyrrole nitrogens is 1. The highest BCUT2D eigenvalue weighted by molar-refractivity contribution is 6.31. The summed E-state index contributed by atoms with van der Waals surface area (Å²) in [5.41, 5.74) is 1.19. The lowest BCUT2D eigenvalue weighted by Gasteiger charge is -2.10. The molecule has 0 unspecified atom stereocenters. The van der Waals surface area contributed by atoms with Crippen molar-refractivity contribution in [2.24, 2.45) is 0 Å². The molecule has 122 valence electrons. The summed E-state index contributed by atoms with van der Waals surface area (Å²) in [6.07, 6.45) is 0. The summed E-state index contributed by atoms with van der Waals surface area (Å²) >= 11 is 6.04. The minimum Gasteiger partial charge on any atom is -0.482 e. The van der Waals surface area contributed by atoms with Crippen LogP contribution in [0.25, 0.3) is 10.9 Å². The molecule has 1 aromatic heterocycles. The average Bonchev–Trinajstić information content (AvgIpc) is 2.59. The van der Waals surface area contributed by atoms with Crippen molar-refractivity contribution < 1.29 is 9.53 Å². The molecule has 1 amide bonds. The highest BCUT2D eigenvalue weighted by atomic mass is 35.5. The first-order valence-electron chi connectivity index (χ1n) is 7.38. The van der Waals surface area contributed by atoms with Crippen molar-refractivity contribution in [2.45, 2.75) is 6.54 Å². The molecular weight excluding hydrogens is 328 g/mol. The molecule has 3 aromatic rings. The van der Waals surface area contributed by atoms with E-state index in [1.807, 2.05) is 24.3 Å². The van der Waals surface area contributed by atoms with Crippen LogP contribution in [0.4, 0.5) is 0 Å². The fourth-order valence-electron chi connectivity index (χ4n) is 2.30. The van der Waals surface area contributed by atoms with Gasteiger partial charge in [-0.05, 0) is 23.8 Å². The van der Waals surface area contributed by atoms with E-state index in [2.05, 4.69) is 10.3 Å². The van der Waals surface area contributed by atoms with E-state index in [0.29, 0.717) is 22.8 Å². The van der Waals surface area contributed by atoms with Crippen molar-refractivity contribution in [1.29, 1.82) is 0 Å². The number of amides is 1. The van der Waals surface area contributed by atoms with Gasteiger partial charge in [0.25, 0.3) is 5.91 Å². The van der Waals surface area contributed by atoms with Gasteiger partial charge in [-0.3, -0.25) is 9.59 Å². The Hall–Kier alpha value is -2.79. The molecule has 1 heterocycles. The van der Waals surface area contributed by atoms with Crippen molar-refractivity contribution in [3.8, 4) is 5.75 Å². The van der Waals surface area contributed by atoms with Crippen molar-refractivity contribution >= 4 is 28.4 Å². The van der Waals surface area contributed by atoms with Gasteiger partial charge in [0.2, 0.25) is 5.56 Å². The fraction of sp³-hybridized carbons (Fsp3) is 0.111. The number of carbonyl (C=O) groups excluding carboxylic acids is 1. The molecule has 2 N–H and O–H groups in total. The smallest absolute Gasteiger partial charge is 0.258 e. The average molecular weight is 343 g/mol. The van der Waals surface area contributed by atoms with Gasteiger partial charge in [0.15, 0.2) is 6.61 Å². The second-order valence-electron chi connectivity index (χ2n) is 5.20. The zero-order chi connectivity index (χ0) is 16.9. The molecule has 0 aliphatic heterocycles. The second kappa shape index (κ2) is 7.19. The summed E-state index contributed by atoms with van der Waals surface area (Å²) in [6, 6.07) is 15.8. The number of aromatic amines is 1. The van der Waals surface area contributed by atoms with Crippen LogP contribution in [0.2, 0.25) is 5.02 Å². The van der Waals surface area contributed by atoms with Gasteiger partial charge in [-0.2, -0.15) is 0 Å². The molecule has 6 heteroatoms. The number of fused-ring (bicyclic) bond motifs is 1. The number of pyridine rings is 1. The van der Waals surface area contributed by atoms with Gasteiger partial charge in [-0.1, -0.05) is 41.9 Å². The number of rotatable bonds is 5. The quantitative estimate of drug-likeness (QED) is 0.749. The van der Waals surface area contributed by atoms with Crippen molar-refractivity contribution in [3.63, 3.8) is 0 Å². The Morgan fingerprint density at radius 3 is 2.75 bits per heavy atom. The van der Waals surface area contributed by atoms with Crippen molar-refractivity contribution in [2.75, 3.05) is 6.61 Å². The van der Waals surface area contributed by atoms with E-state index in [4.69, 9.17) is 16.3 Å². The lowest BCUT2D eigenvalue weighted by Crippen LogP contribution is -2.28. The number of halogens is 1. The predicted octanol–water partition coefficient (Wildman–Crippen LogP) is 2.88. The molecular formula is C18H15ClN2O3. The van der Waals surface area contributed by atoms with E-state index < -0.39 is 0 Å². The molecule has 0 saturated carbocycles. The van der Waals surface area contributed by atoms with Crippen LogP contribution in [0, 0.1) is 0 Å². The number of hydrogen-bond acceptors (Lipinski definition) is 3. The van der Waals surface area contributed by atoms with E-state index in [0.717, 1.165) is 10.9 Å². The van der Waals surface area contributed by atoms with E-state index in [1.54, 1.807) is 24.3 Å². The first-order valence-corrected chi connectivity index (χ1v) is 7.76. The van der Waals surface area contributed by atoms with Crippen LogP contribution in [0.3, 0.4) is 0 Å². The largest absolute Gasteiger partial charge is 0.482 e. The lowest BCUT2D eigenvalue weighted by molar-refractivity contribution is -0.123. The van der Waals surface area contributed by atoms with E-state index in [-0.39, 0.29) is 18.1 Å². The molecule has 2 aromatic carbocycles. The van der Waals surface area contributed by atoms with E-state index in [9.17, 15) is 9.59 Å². The first-order chi connectivity index (χ1) is 11.6. The number of para-hydroxylation sites is 1.